The van der Waals surface area contributed by atoms with Gasteiger partial charge in [-0.25, -0.2) is 9.18 Å². The summed E-state index contributed by atoms with van der Waals surface area (Å²) < 4.78 is 58.4. The molecular formula is C30H30F4N2O5. The molecule has 7 nitrogen and oxygen atoms in total. The largest absolute Gasteiger partial charge is 0.481 e. The first-order valence-electron chi connectivity index (χ1n) is 12.8. The van der Waals surface area contributed by atoms with Gasteiger partial charge in [-0.15, -0.1) is 0 Å². The quantitative estimate of drug-likeness (QED) is 0.166. The van der Waals surface area contributed by atoms with Crippen LogP contribution in [0, 0.1) is 12.7 Å². The van der Waals surface area contributed by atoms with Crippen LogP contribution in [0.5, 0.6) is 5.75 Å². The molecule has 0 fully saturated rings. The number of aryl methyl sites for hydroxylation is 3. The molecule has 0 radical (unpaired) electrons. The van der Waals surface area contributed by atoms with Crippen LogP contribution >= 0.6 is 0 Å². The molecule has 0 heterocycles. The fourth-order valence-electron chi connectivity index (χ4n) is 4.32. The number of halogens is 4. The second kappa shape index (κ2) is 13.4. The highest BCUT2D eigenvalue weighted by Gasteiger charge is 2.31. The number of amides is 1. The number of hydrogen-bond acceptors (Lipinski definition) is 5. The van der Waals surface area contributed by atoms with E-state index in [2.05, 4.69) is 5.32 Å². The Kier molecular flexibility index (Phi) is 10.2. The lowest BCUT2D eigenvalue weighted by Crippen LogP contribution is -2.36. The van der Waals surface area contributed by atoms with Crippen LogP contribution in [0.25, 0.3) is 0 Å². The van der Waals surface area contributed by atoms with Crippen LogP contribution in [-0.4, -0.2) is 29.0 Å². The van der Waals surface area contributed by atoms with Crippen LogP contribution in [-0.2, 0) is 41.6 Å². The van der Waals surface area contributed by atoms with E-state index in [-0.39, 0.29) is 36.3 Å². The van der Waals surface area contributed by atoms with Gasteiger partial charge in [-0.2, -0.15) is 13.2 Å². The zero-order chi connectivity index (χ0) is 30.3. The summed E-state index contributed by atoms with van der Waals surface area (Å²) in [7, 11) is 0. The summed E-state index contributed by atoms with van der Waals surface area (Å²) >= 11 is 0. The van der Waals surface area contributed by atoms with Crippen LogP contribution in [0.15, 0.2) is 54.6 Å². The van der Waals surface area contributed by atoms with E-state index >= 15 is 0 Å². The van der Waals surface area contributed by atoms with Gasteiger partial charge in [0.1, 0.15) is 17.6 Å². The molecule has 3 rings (SSSR count). The van der Waals surface area contributed by atoms with Gasteiger partial charge in [0.15, 0.2) is 0 Å². The highest BCUT2D eigenvalue weighted by Crippen LogP contribution is 2.30. The molecule has 218 valence electrons. The molecule has 0 aliphatic carbocycles. The van der Waals surface area contributed by atoms with Crippen molar-refractivity contribution >= 4 is 17.8 Å². The summed E-state index contributed by atoms with van der Waals surface area (Å²) in [6.07, 6.45) is -3.67. The number of alkyl halides is 3. The Hall–Kier alpha value is -4.25. The maximum Gasteiger partial charge on any atom is 0.416 e. The Morgan fingerprint density at radius 1 is 1.00 bits per heavy atom. The van der Waals surface area contributed by atoms with Crippen LogP contribution in [0.2, 0.25) is 0 Å². The Morgan fingerprint density at radius 3 is 2.34 bits per heavy atom. The molecule has 0 unspecified atom stereocenters. The Labute approximate surface area is 234 Å². The standard InChI is InChI=1S/C30H30F4N2O5/c1-3-20-15-24(7-4-21(20)5-9-27(37)38)41-29(40)26(35)14-18-11-19(13-23(31)12-18)16-36-28(39)25-8-6-22(10-17(25)2)30(32,33)34/h4,6-8,10-13,15,26H,3,5,9,14,16,35H2,1-2H3,(H,36,39)(H,37,38)/t26-/m0/s1. The molecule has 3 aromatic carbocycles. The summed E-state index contributed by atoms with van der Waals surface area (Å²) in [5.41, 5.74) is 7.78. The van der Waals surface area contributed by atoms with Crippen molar-refractivity contribution in [3.05, 3.63) is 99.4 Å². The van der Waals surface area contributed by atoms with Gasteiger partial charge in [-0.3, -0.25) is 9.59 Å². The Morgan fingerprint density at radius 2 is 1.71 bits per heavy atom. The lowest BCUT2D eigenvalue weighted by atomic mass is 10.0. The number of carbonyl (C=O) groups is 3. The first-order chi connectivity index (χ1) is 19.3. The third-order valence-electron chi connectivity index (χ3n) is 6.41. The molecule has 0 saturated carbocycles. The van der Waals surface area contributed by atoms with E-state index in [1.165, 1.54) is 19.1 Å². The fraction of sp³-hybridized carbons (Fsp3) is 0.300. The smallest absolute Gasteiger partial charge is 0.416 e. The predicted octanol–water partition coefficient (Wildman–Crippen LogP) is 5.14. The van der Waals surface area contributed by atoms with Gasteiger partial charge in [0, 0.05) is 18.5 Å². The number of ether oxygens (including phenoxy) is 1. The molecule has 1 amide bonds. The SMILES string of the molecule is CCc1cc(OC(=O)[C@@H](N)Cc2cc(F)cc(CNC(=O)c3ccc(C(F)(F)F)cc3C)c2)ccc1CCC(=O)O. The zero-order valence-electron chi connectivity index (χ0n) is 22.5. The number of carboxylic acid groups (broad SMARTS) is 1. The van der Waals surface area contributed by atoms with E-state index in [1.807, 2.05) is 6.92 Å². The normalized spacial score (nSPS) is 12.1. The molecule has 0 aromatic heterocycles. The summed E-state index contributed by atoms with van der Waals surface area (Å²) in [6.45, 7) is 3.17. The number of rotatable bonds is 11. The van der Waals surface area contributed by atoms with Crippen molar-refractivity contribution in [1.29, 1.82) is 0 Å². The van der Waals surface area contributed by atoms with E-state index in [0.29, 0.717) is 24.0 Å². The third-order valence-corrected chi connectivity index (χ3v) is 6.41. The third kappa shape index (κ3) is 8.87. The van der Waals surface area contributed by atoms with Gasteiger partial charge < -0.3 is 20.9 Å². The maximum absolute atomic E-state index is 14.3. The number of benzene rings is 3. The van der Waals surface area contributed by atoms with Crippen molar-refractivity contribution in [2.24, 2.45) is 5.73 Å². The number of hydrogen-bond donors (Lipinski definition) is 3. The number of nitrogens with one attached hydrogen (secondary N) is 1. The van der Waals surface area contributed by atoms with E-state index in [0.717, 1.165) is 29.3 Å². The van der Waals surface area contributed by atoms with Crippen molar-refractivity contribution in [1.82, 2.24) is 5.32 Å². The topological polar surface area (TPSA) is 119 Å². The molecule has 0 spiro atoms. The number of nitrogens with two attached hydrogens (primary N) is 1. The minimum absolute atomic E-state index is 0.0228. The minimum atomic E-state index is -4.53. The van der Waals surface area contributed by atoms with Gasteiger partial charge in [-0.05, 0) is 96.5 Å². The highest BCUT2D eigenvalue weighted by atomic mass is 19.4. The first-order valence-corrected chi connectivity index (χ1v) is 12.8. The lowest BCUT2D eigenvalue weighted by molar-refractivity contribution is -0.138. The monoisotopic (exact) mass is 574 g/mol. The van der Waals surface area contributed by atoms with Crippen molar-refractivity contribution in [3.63, 3.8) is 0 Å². The summed E-state index contributed by atoms with van der Waals surface area (Å²) in [5.74, 6) is -2.65. The molecule has 0 aliphatic heterocycles. The second-order valence-corrected chi connectivity index (χ2v) is 9.59. The van der Waals surface area contributed by atoms with Gasteiger partial charge >= 0.3 is 18.1 Å². The number of carbonyl (C=O) groups excluding carboxylic acids is 2. The van der Waals surface area contributed by atoms with Gasteiger partial charge in [0.2, 0.25) is 0 Å². The second-order valence-electron chi connectivity index (χ2n) is 9.59. The van der Waals surface area contributed by atoms with Crippen LogP contribution in [0.4, 0.5) is 17.6 Å². The van der Waals surface area contributed by atoms with Crippen molar-refractivity contribution in [2.45, 2.75) is 58.3 Å². The van der Waals surface area contributed by atoms with Gasteiger partial charge in [0.25, 0.3) is 5.91 Å². The number of aliphatic carboxylic acids is 1. The average molecular weight is 575 g/mol. The molecule has 1 atom stereocenters. The van der Waals surface area contributed by atoms with Crippen molar-refractivity contribution in [3.8, 4) is 5.75 Å². The zero-order valence-corrected chi connectivity index (χ0v) is 22.5. The molecule has 3 aromatic rings. The first kappa shape index (κ1) is 31.3. The molecule has 0 saturated heterocycles. The lowest BCUT2D eigenvalue weighted by Gasteiger charge is -2.15. The summed E-state index contributed by atoms with van der Waals surface area (Å²) in [4.78, 5) is 36.1. The van der Waals surface area contributed by atoms with E-state index < -0.39 is 41.4 Å². The minimum Gasteiger partial charge on any atom is -0.481 e. The fourth-order valence-corrected chi connectivity index (χ4v) is 4.32. The predicted molar refractivity (Wildman–Crippen MR) is 143 cm³/mol. The molecule has 11 heteroatoms. The van der Waals surface area contributed by atoms with Crippen LogP contribution < -0.4 is 15.8 Å². The van der Waals surface area contributed by atoms with E-state index in [9.17, 15) is 31.9 Å². The van der Waals surface area contributed by atoms with Gasteiger partial charge in [0.05, 0.1) is 5.56 Å². The summed E-state index contributed by atoms with van der Waals surface area (Å²) in [5, 5.41) is 11.5. The van der Waals surface area contributed by atoms with E-state index in [4.69, 9.17) is 15.6 Å². The maximum atomic E-state index is 14.3. The average Bonchev–Trinajstić information content (AvgIpc) is 2.89. The molecule has 0 aliphatic rings. The highest BCUT2D eigenvalue weighted by molar-refractivity contribution is 5.95. The molecule has 0 bridgehead atoms. The van der Waals surface area contributed by atoms with Crippen molar-refractivity contribution in [2.75, 3.05) is 0 Å². The van der Waals surface area contributed by atoms with E-state index in [1.54, 1.807) is 24.3 Å². The molecule has 4 N–H and O–H groups in total. The summed E-state index contributed by atoms with van der Waals surface area (Å²) in [6, 6.07) is 10.5. The molecular weight excluding hydrogens is 544 g/mol. The van der Waals surface area contributed by atoms with Gasteiger partial charge in [-0.1, -0.05) is 19.1 Å². The number of carboxylic acids is 1. The van der Waals surface area contributed by atoms with Crippen LogP contribution in [0.1, 0.15) is 57.1 Å². The Bertz CT molecular complexity index is 1440. The van der Waals surface area contributed by atoms with Crippen LogP contribution in [0.3, 0.4) is 0 Å². The number of esters is 1. The van der Waals surface area contributed by atoms with Crippen molar-refractivity contribution < 1.29 is 41.8 Å². The molecule has 41 heavy (non-hydrogen) atoms. The Balaban J connectivity index is 1.63.